The molecule has 0 aliphatic heterocycles. The first kappa shape index (κ1) is 25.1. The van der Waals surface area contributed by atoms with Crippen molar-refractivity contribution in [3.8, 4) is 0 Å². The largest absolute Gasteiger partial charge is 1.00 e. The minimum Gasteiger partial charge on any atom is -1.00 e. The summed E-state index contributed by atoms with van der Waals surface area (Å²) in [5.74, 6) is 0. The fraction of sp³-hybridized carbons (Fsp3) is 0.308. The van der Waals surface area contributed by atoms with Gasteiger partial charge in [0.25, 0.3) is 0 Å². The molecule has 0 aromatic heterocycles. The van der Waals surface area contributed by atoms with Crippen LogP contribution in [0.15, 0.2) is 73.9 Å². The molecule has 4 heteroatoms. The molecular weight excluding hydrogens is 560 g/mol. The van der Waals surface area contributed by atoms with Gasteiger partial charge in [-0.05, 0) is 0 Å². The zero-order chi connectivity index (χ0) is 20.1. The molecule has 0 bridgehead atoms. The van der Waals surface area contributed by atoms with Crippen molar-refractivity contribution in [1.82, 2.24) is 0 Å². The van der Waals surface area contributed by atoms with Crippen molar-refractivity contribution in [2.45, 2.75) is 45.2 Å². The molecule has 0 radical (unpaired) electrons. The van der Waals surface area contributed by atoms with Crippen molar-refractivity contribution in [3.63, 3.8) is 0 Å². The number of benzene rings is 2. The van der Waals surface area contributed by atoms with Gasteiger partial charge in [0.05, 0.1) is 0 Å². The van der Waals surface area contributed by atoms with Crippen LogP contribution in [0.3, 0.4) is 0 Å². The molecular formula is C26H29F2HfP. The van der Waals surface area contributed by atoms with E-state index in [9.17, 15) is 0 Å². The molecule has 0 saturated heterocycles. The number of hydrogen-bond acceptors (Lipinski definition) is 0. The smallest absolute Gasteiger partial charge is 1.00 e. The molecule has 0 fully saturated rings. The van der Waals surface area contributed by atoms with Gasteiger partial charge in [-0.1, -0.05) is 0 Å². The van der Waals surface area contributed by atoms with E-state index in [1.807, 2.05) is 3.33 Å². The van der Waals surface area contributed by atoms with E-state index in [1.54, 1.807) is 27.6 Å². The SMILES string of the molecule is CC1=C(C)C(C)(C)[C]([Hf+2][CH]2C(Pc3ccccc3C)=Cc3ccccc32)=C1C.[F-].[F-]. The number of fused-ring (bicyclic) bond motifs is 1. The number of aryl methyl sites for hydroxylation is 1. The summed E-state index contributed by atoms with van der Waals surface area (Å²) in [6.45, 7) is 14.2. The summed E-state index contributed by atoms with van der Waals surface area (Å²) in [5, 5.41) is 3.19. The van der Waals surface area contributed by atoms with E-state index in [2.05, 4.69) is 96.1 Å². The molecule has 0 spiro atoms. The van der Waals surface area contributed by atoms with Crippen LogP contribution < -0.4 is 14.7 Å². The molecule has 2 aromatic carbocycles. The quantitative estimate of drug-likeness (QED) is 0.371. The Morgan fingerprint density at radius 1 is 0.833 bits per heavy atom. The average molecular weight is 589 g/mol. The van der Waals surface area contributed by atoms with Crippen LogP contribution in [0.5, 0.6) is 0 Å². The van der Waals surface area contributed by atoms with Crippen molar-refractivity contribution in [1.29, 1.82) is 0 Å². The van der Waals surface area contributed by atoms with Gasteiger partial charge in [0.15, 0.2) is 0 Å². The standard InChI is InChI=1S/C16H14P.C10H15.2FH.Hf/c1-12-6-2-5-9-16(12)17-15-10-13-7-3-4-8-14(13)11-15;1-7-6-10(4,5)9(3)8(7)2;;;/h2-11,17H,1H3;1-5H3;2*1H;/q;;;;+2/p-2. The fourth-order valence-corrected chi connectivity index (χ4v) is 14.0. The molecule has 0 nitrogen and oxygen atoms in total. The van der Waals surface area contributed by atoms with E-state index >= 15 is 0 Å². The second-order valence-corrected chi connectivity index (χ2v) is 14.9. The van der Waals surface area contributed by atoms with Gasteiger partial charge in [-0.25, -0.2) is 0 Å². The fourth-order valence-electron chi connectivity index (χ4n) is 4.48. The van der Waals surface area contributed by atoms with E-state index in [0.29, 0.717) is 3.67 Å². The van der Waals surface area contributed by atoms with Crippen molar-refractivity contribution >= 4 is 20.0 Å². The van der Waals surface area contributed by atoms with Crippen molar-refractivity contribution in [3.05, 3.63) is 90.6 Å². The van der Waals surface area contributed by atoms with Crippen LogP contribution in [-0.2, 0) is 22.9 Å². The summed E-state index contributed by atoms with van der Waals surface area (Å²) in [4.78, 5) is 0. The summed E-state index contributed by atoms with van der Waals surface area (Å²) in [6, 6.07) is 18.1. The van der Waals surface area contributed by atoms with Crippen LogP contribution in [-0.4, -0.2) is 0 Å². The molecule has 4 rings (SSSR count). The number of hydrogen-bond donors (Lipinski definition) is 0. The zero-order valence-electron chi connectivity index (χ0n) is 18.5. The minimum absolute atomic E-state index is 0. The number of rotatable bonds is 4. The third kappa shape index (κ3) is 4.26. The van der Waals surface area contributed by atoms with Gasteiger partial charge in [-0.3, -0.25) is 0 Å². The van der Waals surface area contributed by atoms with E-state index in [4.69, 9.17) is 0 Å². The summed E-state index contributed by atoms with van der Waals surface area (Å²) >= 11 is -1.10. The van der Waals surface area contributed by atoms with Gasteiger partial charge < -0.3 is 9.41 Å². The van der Waals surface area contributed by atoms with Crippen molar-refractivity contribution < 1.29 is 32.3 Å². The molecule has 30 heavy (non-hydrogen) atoms. The van der Waals surface area contributed by atoms with Gasteiger partial charge >= 0.3 is 184 Å². The Balaban J connectivity index is 0.00000160. The summed E-state index contributed by atoms with van der Waals surface area (Å²) in [7, 11) is 0.792. The van der Waals surface area contributed by atoms with Gasteiger partial charge in [-0.15, -0.1) is 0 Å². The molecule has 2 atom stereocenters. The van der Waals surface area contributed by atoms with Crippen LogP contribution in [0, 0.1) is 12.3 Å². The summed E-state index contributed by atoms with van der Waals surface area (Å²) in [6.07, 6.45) is 2.52. The van der Waals surface area contributed by atoms with Crippen LogP contribution >= 0.6 is 8.58 Å². The second kappa shape index (κ2) is 9.53. The molecule has 2 aromatic rings. The molecule has 0 heterocycles. The molecule has 2 aliphatic rings. The maximum absolute atomic E-state index is 2.52. The Morgan fingerprint density at radius 2 is 1.47 bits per heavy atom. The maximum atomic E-state index is 2.52. The van der Waals surface area contributed by atoms with E-state index in [1.165, 1.54) is 16.4 Å². The minimum atomic E-state index is -1.10. The van der Waals surface area contributed by atoms with Gasteiger partial charge in [0.2, 0.25) is 0 Å². The van der Waals surface area contributed by atoms with Gasteiger partial charge in [0.1, 0.15) is 0 Å². The first-order valence-electron chi connectivity index (χ1n) is 10.1. The molecule has 2 aliphatic carbocycles. The average Bonchev–Trinajstić information content (AvgIpc) is 3.08. The van der Waals surface area contributed by atoms with Crippen molar-refractivity contribution in [2.75, 3.05) is 0 Å². The Hall–Kier alpha value is -1.18. The summed E-state index contributed by atoms with van der Waals surface area (Å²) in [5.41, 5.74) is 9.48. The Morgan fingerprint density at radius 3 is 2.10 bits per heavy atom. The third-order valence-corrected chi connectivity index (χ3v) is 17.2. The predicted octanol–water partition coefficient (Wildman–Crippen LogP) is 1.14. The van der Waals surface area contributed by atoms with Crippen LogP contribution in [0.1, 0.15) is 55.0 Å². The Bertz CT molecular complexity index is 1050. The normalized spacial score (nSPS) is 19.4. The molecule has 0 saturated carbocycles. The van der Waals surface area contributed by atoms with Gasteiger partial charge in [-0.2, -0.15) is 0 Å². The monoisotopic (exact) mass is 590 g/mol. The molecule has 0 amide bonds. The van der Waals surface area contributed by atoms with Gasteiger partial charge in [0, 0.05) is 0 Å². The van der Waals surface area contributed by atoms with Crippen LogP contribution in [0.2, 0.25) is 0 Å². The first-order chi connectivity index (χ1) is 13.3. The third-order valence-electron chi connectivity index (χ3n) is 6.70. The van der Waals surface area contributed by atoms with E-state index < -0.39 is 22.9 Å². The zero-order valence-corrected chi connectivity index (χ0v) is 23.1. The van der Waals surface area contributed by atoms with E-state index in [0.717, 1.165) is 8.58 Å². The molecule has 156 valence electrons. The van der Waals surface area contributed by atoms with Crippen LogP contribution in [0.4, 0.5) is 0 Å². The number of allylic oxidation sites excluding steroid dienone is 5. The van der Waals surface area contributed by atoms with E-state index in [-0.39, 0.29) is 14.8 Å². The van der Waals surface area contributed by atoms with Crippen molar-refractivity contribution in [2.24, 2.45) is 5.41 Å². The predicted molar refractivity (Wildman–Crippen MR) is 121 cm³/mol. The first-order valence-corrected chi connectivity index (χ1v) is 15.0. The molecule has 2 unspecified atom stereocenters. The Kier molecular flexibility index (Phi) is 7.97. The number of halogens is 2. The topological polar surface area (TPSA) is 0 Å². The van der Waals surface area contributed by atoms with Crippen LogP contribution in [0.25, 0.3) is 6.08 Å². The summed E-state index contributed by atoms with van der Waals surface area (Å²) < 4.78 is 2.52. The Labute approximate surface area is 192 Å². The molecule has 0 N–H and O–H groups in total. The maximum Gasteiger partial charge on any atom is -1.00 e. The second-order valence-electron chi connectivity index (χ2n) is 8.62.